The number of aryl methyl sites for hydroxylation is 2. The third kappa shape index (κ3) is 3.52. The van der Waals surface area contributed by atoms with E-state index in [2.05, 4.69) is 49.4 Å². The Morgan fingerprint density at radius 2 is 2.04 bits per heavy atom. The van der Waals surface area contributed by atoms with Crippen molar-refractivity contribution in [2.75, 3.05) is 7.05 Å². The molecule has 0 radical (unpaired) electrons. The summed E-state index contributed by atoms with van der Waals surface area (Å²) in [6, 6.07) is 0.657. The molecule has 0 bridgehead atoms. The molecule has 1 aliphatic carbocycles. The van der Waals surface area contributed by atoms with Crippen molar-refractivity contribution in [3.8, 4) is 0 Å². The van der Waals surface area contributed by atoms with Gasteiger partial charge in [0.05, 0.1) is 5.69 Å². The second-order valence-corrected chi connectivity index (χ2v) is 7.89. The van der Waals surface area contributed by atoms with E-state index in [-0.39, 0.29) is 5.69 Å². The second kappa shape index (κ2) is 7.46. The van der Waals surface area contributed by atoms with Gasteiger partial charge in [-0.05, 0) is 60.9 Å². The van der Waals surface area contributed by atoms with Gasteiger partial charge in [-0.25, -0.2) is 4.79 Å². The van der Waals surface area contributed by atoms with Crippen LogP contribution >= 0.6 is 0 Å². The minimum absolute atomic E-state index is 0.227. The molecule has 7 nitrogen and oxygen atoms in total. The van der Waals surface area contributed by atoms with E-state index in [1.54, 1.807) is 0 Å². The standard InChI is InChI=1S/C20H31N5O2/c1-7-24-18-9-8-15(10-16(18)19(22-24)20(26)27)23(6)11-17-13(4)21-25(12(2)3)14(17)5/h12,15H,7-11H2,1-6H3,(H,26,27). The average molecular weight is 374 g/mol. The first-order valence-corrected chi connectivity index (χ1v) is 9.81. The molecule has 148 valence electrons. The normalized spacial score (nSPS) is 17.0. The highest BCUT2D eigenvalue weighted by Crippen LogP contribution is 2.29. The fraction of sp³-hybridized carbons (Fsp3) is 0.650. The average Bonchev–Trinajstić information content (AvgIpc) is 3.13. The number of aromatic carboxylic acids is 1. The first-order chi connectivity index (χ1) is 12.7. The van der Waals surface area contributed by atoms with Crippen LogP contribution < -0.4 is 0 Å². The summed E-state index contributed by atoms with van der Waals surface area (Å²) in [5.74, 6) is -0.924. The summed E-state index contributed by atoms with van der Waals surface area (Å²) < 4.78 is 3.95. The summed E-state index contributed by atoms with van der Waals surface area (Å²) in [7, 11) is 2.13. The molecular formula is C20H31N5O2. The summed E-state index contributed by atoms with van der Waals surface area (Å²) in [5.41, 5.74) is 5.81. The van der Waals surface area contributed by atoms with Crippen LogP contribution in [0.25, 0.3) is 0 Å². The van der Waals surface area contributed by atoms with E-state index < -0.39 is 5.97 Å². The molecule has 0 spiro atoms. The van der Waals surface area contributed by atoms with Crippen LogP contribution in [-0.2, 0) is 25.9 Å². The van der Waals surface area contributed by atoms with Crippen LogP contribution in [0.3, 0.4) is 0 Å². The first kappa shape index (κ1) is 19.6. The van der Waals surface area contributed by atoms with Crippen molar-refractivity contribution in [1.29, 1.82) is 0 Å². The van der Waals surface area contributed by atoms with Crippen LogP contribution in [0.2, 0.25) is 0 Å². The maximum Gasteiger partial charge on any atom is 0.356 e. The minimum atomic E-state index is -0.924. The number of carboxylic acid groups (broad SMARTS) is 1. The number of hydrogen-bond donors (Lipinski definition) is 1. The largest absolute Gasteiger partial charge is 0.476 e. The quantitative estimate of drug-likeness (QED) is 0.842. The van der Waals surface area contributed by atoms with Crippen LogP contribution in [0.5, 0.6) is 0 Å². The van der Waals surface area contributed by atoms with Crippen LogP contribution in [-0.4, -0.2) is 48.6 Å². The van der Waals surface area contributed by atoms with E-state index in [4.69, 9.17) is 5.10 Å². The third-order valence-electron chi connectivity index (χ3n) is 5.82. The smallest absolute Gasteiger partial charge is 0.356 e. The molecular weight excluding hydrogens is 342 g/mol. The zero-order valence-electron chi connectivity index (χ0n) is 17.3. The van der Waals surface area contributed by atoms with Crippen molar-refractivity contribution in [1.82, 2.24) is 24.5 Å². The lowest BCUT2D eigenvalue weighted by atomic mass is 9.90. The number of likely N-dealkylation sites (N-methyl/N-ethyl adjacent to an activating group) is 1. The highest BCUT2D eigenvalue weighted by atomic mass is 16.4. The predicted octanol–water partition coefficient (Wildman–Crippen LogP) is 2.98. The number of aromatic nitrogens is 4. The predicted molar refractivity (Wildman–Crippen MR) is 104 cm³/mol. The zero-order chi connectivity index (χ0) is 19.9. The van der Waals surface area contributed by atoms with Gasteiger partial charge in [-0.2, -0.15) is 10.2 Å². The number of carbonyl (C=O) groups is 1. The van der Waals surface area contributed by atoms with Crippen LogP contribution in [0.4, 0.5) is 0 Å². The molecule has 0 amide bonds. The Kier molecular flexibility index (Phi) is 5.42. The van der Waals surface area contributed by atoms with Crippen molar-refractivity contribution in [3.05, 3.63) is 33.9 Å². The van der Waals surface area contributed by atoms with E-state index >= 15 is 0 Å². The molecule has 0 fully saturated rings. The van der Waals surface area contributed by atoms with Gasteiger partial charge in [0, 0.05) is 47.7 Å². The molecule has 2 heterocycles. The van der Waals surface area contributed by atoms with Gasteiger partial charge in [-0.3, -0.25) is 14.3 Å². The molecule has 0 saturated carbocycles. The molecule has 2 aromatic heterocycles. The lowest BCUT2D eigenvalue weighted by Gasteiger charge is -2.31. The minimum Gasteiger partial charge on any atom is -0.476 e. The van der Waals surface area contributed by atoms with Gasteiger partial charge in [-0.1, -0.05) is 0 Å². The van der Waals surface area contributed by atoms with Gasteiger partial charge in [0.1, 0.15) is 0 Å². The Hall–Kier alpha value is -2.15. The zero-order valence-corrected chi connectivity index (χ0v) is 17.3. The van der Waals surface area contributed by atoms with Crippen LogP contribution in [0.15, 0.2) is 0 Å². The van der Waals surface area contributed by atoms with Gasteiger partial charge >= 0.3 is 5.97 Å². The number of nitrogens with zero attached hydrogens (tertiary/aromatic N) is 5. The molecule has 7 heteroatoms. The Balaban J connectivity index is 1.82. The number of carboxylic acids is 1. The third-order valence-corrected chi connectivity index (χ3v) is 5.82. The van der Waals surface area contributed by atoms with E-state index in [1.807, 2.05) is 11.6 Å². The van der Waals surface area contributed by atoms with Crippen molar-refractivity contribution in [3.63, 3.8) is 0 Å². The summed E-state index contributed by atoms with van der Waals surface area (Å²) in [6.07, 6.45) is 2.64. The van der Waals surface area contributed by atoms with Gasteiger partial charge in [-0.15, -0.1) is 0 Å². The second-order valence-electron chi connectivity index (χ2n) is 7.89. The maximum atomic E-state index is 11.6. The summed E-state index contributed by atoms with van der Waals surface area (Å²) in [5, 5.41) is 18.6. The molecule has 27 heavy (non-hydrogen) atoms. The van der Waals surface area contributed by atoms with E-state index in [0.717, 1.165) is 42.8 Å². The highest BCUT2D eigenvalue weighted by molar-refractivity contribution is 5.87. The molecule has 0 aromatic carbocycles. The molecule has 1 aliphatic rings. The van der Waals surface area contributed by atoms with Gasteiger partial charge in [0.15, 0.2) is 5.69 Å². The van der Waals surface area contributed by atoms with Crippen molar-refractivity contribution in [2.24, 2.45) is 0 Å². The molecule has 2 aromatic rings. The molecule has 0 aliphatic heterocycles. The maximum absolute atomic E-state index is 11.6. The Morgan fingerprint density at radius 3 is 2.59 bits per heavy atom. The Bertz CT molecular complexity index is 849. The number of hydrogen-bond acceptors (Lipinski definition) is 4. The lowest BCUT2D eigenvalue weighted by molar-refractivity contribution is 0.0687. The molecule has 0 saturated heterocycles. The fourth-order valence-corrected chi connectivity index (χ4v) is 4.29. The SMILES string of the molecule is CCn1nc(C(=O)O)c2c1CCC(N(C)Cc1c(C)nn(C(C)C)c1C)C2. The monoisotopic (exact) mass is 373 g/mol. The summed E-state index contributed by atoms with van der Waals surface area (Å²) >= 11 is 0. The Morgan fingerprint density at radius 1 is 1.33 bits per heavy atom. The number of rotatable bonds is 6. The van der Waals surface area contributed by atoms with Gasteiger partial charge < -0.3 is 5.11 Å². The van der Waals surface area contributed by atoms with E-state index in [0.29, 0.717) is 18.6 Å². The molecule has 1 unspecified atom stereocenters. The van der Waals surface area contributed by atoms with Crippen LogP contribution in [0, 0.1) is 13.8 Å². The van der Waals surface area contributed by atoms with Crippen molar-refractivity contribution >= 4 is 5.97 Å². The highest BCUT2D eigenvalue weighted by Gasteiger charge is 2.31. The van der Waals surface area contributed by atoms with E-state index in [9.17, 15) is 9.90 Å². The summed E-state index contributed by atoms with van der Waals surface area (Å²) in [6.45, 7) is 12.0. The molecule has 1 atom stereocenters. The first-order valence-electron chi connectivity index (χ1n) is 9.81. The van der Waals surface area contributed by atoms with Crippen molar-refractivity contribution in [2.45, 2.75) is 79.1 Å². The van der Waals surface area contributed by atoms with Gasteiger partial charge in [0.2, 0.25) is 0 Å². The summed E-state index contributed by atoms with van der Waals surface area (Å²) in [4.78, 5) is 14.0. The molecule has 3 rings (SSSR count). The lowest BCUT2D eigenvalue weighted by Crippen LogP contribution is -2.36. The topological polar surface area (TPSA) is 76.2 Å². The number of fused-ring (bicyclic) bond motifs is 1. The molecule has 1 N–H and O–H groups in total. The van der Waals surface area contributed by atoms with Crippen LogP contribution in [0.1, 0.15) is 71.9 Å². The van der Waals surface area contributed by atoms with Gasteiger partial charge in [0.25, 0.3) is 0 Å². The van der Waals surface area contributed by atoms with Crippen molar-refractivity contribution < 1.29 is 9.90 Å². The van der Waals surface area contributed by atoms with E-state index in [1.165, 1.54) is 11.3 Å². The fourth-order valence-electron chi connectivity index (χ4n) is 4.29. The Labute approximate surface area is 161 Å².